The Kier molecular flexibility index (Phi) is 8.62. The Hall–Kier alpha value is -3.82. The number of aryl methyl sites for hydroxylation is 2. The number of alkyl carbamates (subject to hydrolysis) is 1. The predicted octanol–water partition coefficient (Wildman–Crippen LogP) is 5.34. The third-order valence-electron chi connectivity index (χ3n) is 7.04. The number of nitrogens with one attached hydrogen (secondary N) is 2. The quantitative estimate of drug-likeness (QED) is 0.357. The van der Waals surface area contributed by atoms with Crippen LogP contribution in [0.15, 0.2) is 41.2 Å². The molecule has 1 aromatic heterocycles. The molecular weight excluding hydrogens is 511 g/mol. The lowest BCUT2D eigenvalue weighted by atomic mass is 9.88. The first-order valence-electron chi connectivity index (χ1n) is 13.1. The van der Waals surface area contributed by atoms with Crippen molar-refractivity contribution in [2.24, 2.45) is 0 Å². The first kappa shape index (κ1) is 28.2. The molecule has 0 spiro atoms. The normalized spacial score (nSPS) is 12.5. The van der Waals surface area contributed by atoms with Crippen molar-refractivity contribution >= 4 is 22.8 Å². The number of hydrogen-bond acceptors (Lipinski definition) is 4. The minimum atomic E-state index is -4.59. The number of unbranched alkanes of at least 4 members (excludes halogenated alkanes) is 2. The van der Waals surface area contributed by atoms with Crippen LogP contribution >= 0.6 is 0 Å². The van der Waals surface area contributed by atoms with Crippen LogP contribution in [-0.2, 0) is 41.7 Å². The number of alkyl halides is 3. The minimum absolute atomic E-state index is 0.0211. The van der Waals surface area contributed by atoms with Gasteiger partial charge in [0.05, 0.1) is 11.3 Å². The highest BCUT2D eigenvalue weighted by atomic mass is 19.4. The molecule has 0 radical (unpaired) electrons. The molecule has 1 aliphatic heterocycles. The van der Waals surface area contributed by atoms with E-state index in [1.165, 1.54) is 17.7 Å². The molecule has 2 N–H and O–H groups in total. The molecule has 0 aliphatic carbocycles. The van der Waals surface area contributed by atoms with Crippen LogP contribution in [0.2, 0.25) is 0 Å². The zero-order chi connectivity index (χ0) is 28.2. The second-order valence-electron chi connectivity index (χ2n) is 9.67. The Bertz CT molecular complexity index is 1450. The zero-order valence-corrected chi connectivity index (χ0v) is 22.0. The molecule has 0 atom stereocenters. The maximum Gasteiger partial charge on any atom is 0.416 e. The zero-order valence-electron chi connectivity index (χ0n) is 22.0. The van der Waals surface area contributed by atoms with Crippen LogP contribution < -0.4 is 16.2 Å². The number of benzene rings is 2. The third-order valence-corrected chi connectivity index (χ3v) is 7.04. The van der Waals surface area contributed by atoms with E-state index >= 15 is 0 Å². The van der Waals surface area contributed by atoms with Gasteiger partial charge in [-0.05, 0) is 59.5 Å². The molecule has 4 rings (SSSR count). The molecule has 3 aromatic rings. The molecule has 208 valence electrons. The van der Waals surface area contributed by atoms with E-state index in [4.69, 9.17) is 4.74 Å². The average Bonchev–Trinajstić information content (AvgIpc) is 2.92. The molecule has 0 saturated carbocycles. The highest BCUT2D eigenvalue weighted by Crippen LogP contribution is 2.38. The molecule has 2 amide bonds. The number of rotatable bonds is 9. The average molecular weight is 544 g/mol. The summed E-state index contributed by atoms with van der Waals surface area (Å²) in [7, 11) is 1.52. The molecule has 1 aliphatic rings. The Balaban J connectivity index is 1.75. The SMILES string of the molecule is CCCCCNC(=O)OCc1ccc2c(c1)-c1c(CCC(=O)NC)c3ccc(C(F)(F)F)cc3c(=O)n1CC2. The number of aromatic nitrogens is 1. The molecule has 0 fully saturated rings. The monoisotopic (exact) mass is 543 g/mol. The number of carbonyl (C=O) groups is 2. The van der Waals surface area contributed by atoms with Crippen LogP contribution in [-0.4, -0.2) is 30.2 Å². The number of amides is 2. The van der Waals surface area contributed by atoms with Gasteiger partial charge in [-0.15, -0.1) is 0 Å². The summed E-state index contributed by atoms with van der Waals surface area (Å²) in [5, 5.41) is 5.66. The van der Waals surface area contributed by atoms with Gasteiger partial charge in [0, 0.05) is 37.5 Å². The van der Waals surface area contributed by atoms with Gasteiger partial charge in [0.15, 0.2) is 0 Å². The molecule has 0 saturated heterocycles. The summed E-state index contributed by atoms with van der Waals surface area (Å²) in [6.45, 7) is 2.93. The van der Waals surface area contributed by atoms with Crippen LogP contribution in [0.5, 0.6) is 0 Å². The number of carbonyl (C=O) groups excluding carboxylic acids is 2. The van der Waals surface area contributed by atoms with Crippen molar-refractivity contribution in [1.82, 2.24) is 15.2 Å². The van der Waals surface area contributed by atoms with E-state index in [1.54, 1.807) is 0 Å². The van der Waals surface area contributed by atoms with Gasteiger partial charge in [0.25, 0.3) is 5.56 Å². The van der Waals surface area contributed by atoms with Gasteiger partial charge in [0.1, 0.15) is 6.61 Å². The van der Waals surface area contributed by atoms with E-state index in [2.05, 4.69) is 17.6 Å². The first-order valence-corrected chi connectivity index (χ1v) is 13.1. The van der Waals surface area contributed by atoms with Gasteiger partial charge in [-0.2, -0.15) is 13.2 Å². The lowest BCUT2D eigenvalue weighted by Gasteiger charge is -2.27. The van der Waals surface area contributed by atoms with E-state index in [1.807, 2.05) is 18.2 Å². The Morgan fingerprint density at radius 2 is 1.87 bits per heavy atom. The van der Waals surface area contributed by atoms with E-state index in [9.17, 15) is 27.6 Å². The van der Waals surface area contributed by atoms with Crippen molar-refractivity contribution in [3.8, 4) is 11.3 Å². The molecule has 7 nitrogen and oxygen atoms in total. The molecule has 10 heteroatoms. The summed E-state index contributed by atoms with van der Waals surface area (Å²) >= 11 is 0. The van der Waals surface area contributed by atoms with Gasteiger partial charge in [0.2, 0.25) is 5.91 Å². The number of pyridine rings is 1. The topological polar surface area (TPSA) is 89.4 Å². The Morgan fingerprint density at radius 3 is 2.59 bits per heavy atom. The van der Waals surface area contributed by atoms with E-state index in [-0.39, 0.29) is 30.7 Å². The fourth-order valence-corrected chi connectivity index (χ4v) is 4.99. The second-order valence-corrected chi connectivity index (χ2v) is 9.67. The number of nitrogens with zero attached hydrogens (tertiary/aromatic N) is 1. The van der Waals surface area contributed by atoms with E-state index in [0.29, 0.717) is 41.7 Å². The van der Waals surface area contributed by atoms with Crippen LogP contribution in [0.4, 0.5) is 18.0 Å². The highest BCUT2D eigenvalue weighted by Gasteiger charge is 2.32. The summed E-state index contributed by atoms with van der Waals surface area (Å²) in [6.07, 6.45) is -1.33. The lowest BCUT2D eigenvalue weighted by Crippen LogP contribution is -2.29. The molecule has 2 heterocycles. The molecule has 0 bridgehead atoms. The standard InChI is InChI=1S/C29H32F3N3O4/c1-3-4-5-13-34-28(38)39-17-18-6-7-19-12-14-35-26(23(19)15-18)22(10-11-25(36)33-2)21-9-8-20(29(30,31)32)16-24(21)27(35)37/h6-9,15-16H,3-5,10-14,17H2,1-2H3,(H,33,36)(H,34,38). The van der Waals surface area contributed by atoms with Crippen LogP contribution in [0.25, 0.3) is 22.0 Å². The summed E-state index contributed by atoms with van der Waals surface area (Å²) in [4.78, 5) is 37.7. The predicted molar refractivity (Wildman–Crippen MR) is 142 cm³/mol. The summed E-state index contributed by atoms with van der Waals surface area (Å²) in [6, 6.07) is 8.81. The van der Waals surface area contributed by atoms with E-state index < -0.39 is 23.4 Å². The van der Waals surface area contributed by atoms with Crippen LogP contribution in [0.1, 0.15) is 54.9 Å². The summed E-state index contributed by atoms with van der Waals surface area (Å²) in [5.74, 6) is -0.219. The van der Waals surface area contributed by atoms with Crippen molar-refractivity contribution < 1.29 is 27.5 Å². The van der Waals surface area contributed by atoms with Crippen LogP contribution in [0.3, 0.4) is 0 Å². The number of ether oxygens (including phenoxy) is 1. The smallest absolute Gasteiger partial charge is 0.416 e. The number of halogens is 3. The summed E-state index contributed by atoms with van der Waals surface area (Å²) < 4.78 is 47.3. The Labute approximate surface area is 224 Å². The first-order chi connectivity index (χ1) is 18.6. The molecule has 0 unspecified atom stereocenters. The van der Waals surface area contributed by atoms with Crippen molar-refractivity contribution in [3.05, 3.63) is 69.0 Å². The fourth-order valence-electron chi connectivity index (χ4n) is 4.99. The molecule has 2 aromatic carbocycles. The van der Waals surface area contributed by atoms with Crippen molar-refractivity contribution in [2.45, 2.75) is 64.8 Å². The fraction of sp³-hybridized carbons (Fsp3) is 0.414. The summed E-state index contributed by atoms with van der Waals surface area (Å²) in [5.41, 5.74) is 2.24. The van der Waals surface area contributed by atoms with Gasteiger partial charge >= 0.3 is 12.3 Å². The molecular formula is C29H32F3N3O4. The lowest BCUT2D eigenvalue weighted by molar-refractivity contribution is -0.137. The van der Waals surface area contributed by atoms with Gasteiger partial charge in [-0.1, -0.05) is 38.0 Å². The number of fused-ring (bicyclic) bond motifs is 4. The van der Waals surface area contributed by atoms with Gasteiger partial charge < -0.3 is 19.9 Å². The minimum Gasteiger partial charge on any atom is -0.445 e. The van der Waals surface area contributed by atoms with Gasteiger partial charge in [-0.3, -0.25) is 9.59 Å². The van der Waals surface area contributed by atoms with Crippen molar-refractivity contribution in [2.75, 3.05) is 13.6 Å². The largest absolute Gasteiger partial charge is 0.445 e. The van der Waals surface area contributed by atoms with Crippen molar-refractivity contribution in [1.29, 1.82) is 0 Å². The van der Waals surface area contributed by atoms with Crippen molar-refractivity contribution in [3.63, 3.8) is 0 Å². The van der Waals surface area contributed by atoms with Crippen LogP contribution in [0, 0.1) is 0 Å². The molecule has 39 heavy (non-hydrogen) atoms. The third kappa shape index (κ3) is 6.26. The highest BCUT2D eigenvalue weighted by molar-refractivity contribution is 5.92. The maximum atomic E-state index is 13.5. The Morgan fingerprint density at radius 1 is 1.08 bits per heavy atom. The maximum absolute atomic E-state index is 13.5. The number of hydrogen-bond donors (Lipinski definition) is 2. The van der Waals surface area contributed by atoms with E-state index in [0.717, 1.165) is 42.5 Å². The second kappa shape index (κ2) is 11.9. The van der Waals surface area contributed by atoms with Gasteiger partial charge in [-0.25, -0.2) is 4.79 Å².